The first kappa shape index (κ1) is 12.5. The summed E-state index contributed by atoms with van der Waals surface area (Å²) in [7, 11) is 0. The Morgan fingerprint density at radius 3 is 2.88 bits per heavy atom. The molecule has 1 aromatic rings. The fourth-order valence-electron chi connectivity index (χ4n) is 2.27. The van der Waals surface area contributed by atoms with E-state index >= 15 is 0 Å². The van der Waals surface area contributed by atoms with Crippen LogP contribution in [0.4, 0.5) is 0 Å². The van der Waals surface area contributed by atoms with Crippen molar-refractivity contribution in [3.8, 4) is 0 Å². The van der Waals surface area contributed by atoms with E-state index in [0.29, 0.717) is 12.3 Å². The van der Waals surface area contributed by atoms with E-state index < -0.39 is 11.4 Å². The molecule has 0 spiro atoms. The van der Waals surface area contributed by atoms with Crippen LogP contribution >= 0.6 is 11.8 Å². The van der Waals surface area contributed by atoms with Crippen LogP contribution < -0.4 is 0 Å². The van der Waals surface area contributed by atoms with E-state index in [2.05, 4.69) is 25.1 Å². The second-order valence-electron chi connectivity index (χ2n) is 5.44. The van der Waals surface area contributed by atoms with E-state index in [-0.39, 0.29) is 0 Å². The van der Waals surface area contributed by atoms with Gasteiger partial charge in [-0.1, -0.05) is 17.7 Å². The molecule has 0 aliphatic carbocycles. The third-order valence-corrected chi connectivity index (χ3v) is 4.63. The summed E-state index contributed by atoms with van der Waals surface area (Å²) in [6.45, 7) is 5.71. The van der Waals surface area contributed by atoms with Crippen molar-refractivity contribution < 1.29 is 9.90 Å². The number of benzene rings is 1. The predicted octanol–water partition coefficient (Wildman–Crippen LogP) is 3.69. The van der Waals surface area contributed by atoms with Crippen LogP contribution in [0.1, 0.15) is 37.3 Å². The minimum atomic E-state index is -0.705. The van der Waals surface area contributed by atoms with Crippen LogP contribution in [-0.2, 0) is 4.79 Å². The van der Waals surface area contributed by atoms with Crippen molar-refractivity contribution in [2.24, 2.45) is 5.41 Å². The smallest absolute Gasteiger partial charge is 0.309 e. The van der Waals surface area contributed by atoms with Gasteiger partial charge in [0.15, 0.2) is 0 Å². The van der Waals surface area contributed by atoms with Gasteiger partial charge in [0.05, 0.1) is 5.41 Å². The third-order valence-electron chi connectivity index (χ3n) is 3.38. The van der Waals surface area contributed by atoms with Crippen LogP contribution in [0.15, 0.2) is 23.1 Å². The summed E-state index contributed by atoms with van der Waals surface area (Å²) < 4.78 is 0. The summed E-state index contributed by atoms with van der Waals surface area (Å²) in [5, 5.41) is 9.20. The standard InChI is InChI=1S/C14H18O2S/c1-9-4-5-12-11(6-9)10(8-17-12)7-14(2,3)13(15)16/h4-6,10H,7-8H2,1-3H3,(H,15,16). The number of aryl methyl sites for hydroxylation is 1. The Balaban J connectivity index is 2.23. The largest absolute Gasteiger partial charge is 0.481 e. The number of carboxylic acid groups (broad SMARTS) is 1. The molecule has 0 amide bonds. The molecule has 1 heterocycles. The lowest BCUT2D eigenvalue weighted by Crippen LogP contribution is -2.26. The van der Waals surface area contributed by atoms with Gasteiger partial charge in [-0.05, 0) is 44.7 Å². The van der Waals surface area contributed by atoms with Gasteiger partial charge in [-0.15, -0.1) is 11.8 Å². The second kappa shape index (κ2) is 4.37. The minimum Gasteiger partial charge on any atom is -0.481 e. The van der Waals surface area contributed by atoms with Gasteiger partial charge in [-0.25, -0.2) is 0 Å². The molecule has 1 unspecified atom stereocenters. The number of rotatable bonds is 3. The molecule has 1 atom stereocenters. The summed E-state index contributed by atoms with van der Waals surface area (Å²) in [6, 6.07) is 6.48. The molecule has 2 nitrogen and oxygen atoms in total. The van der Waals surface area contributed by atoms with Gasteiger partial charge in [0.1, 0.15) is 0 Å². The first-order valence-electron chi connectivity index (χ1n) is 5.87. The van der Waals surface area contributed by atoms with Crippen molar-refractivity contribution in [1.29, 1.82) is 0 Å². The lowest BCUT2D eigenvalue weighted by molar-refractivity contribution is -0.147. The fraction of sp³-hybridized carbons (Fsp3) is 0.500. The van der Waals surface area contributed by atoms with E-state index in [1.165, 1.54) is 16.0 Å². The van der Waals surface area contributed by atoms with Crippen molar-refractivity contribution >= 4 is 17.7 Å². The topological polar surface area (TPSA) is 37.3 Å². The zero-order valence-electron chi connectivity index (χ0n) is 10.5. The molecule has 0 bridgehead atoms. The Labute approximate surface area is 106 Å². The SMILES string of the molecule is Cc1ccc2c(c1)C(CC(C)(C)C(=O)O)CS2. The molecule has 92 valence electrons. The van der Waals surface area contributed by atoms with E-state index in [0.717, 1.165) is 5.75 Å². The molecular formula is C14H18O2S. The van der Waals surface area contributed by atoms with Crippen molar-refractivity contribution in [3.63, 3.8) is 0 Å². The van der Waals surface area contributed by atoms with E-state index in [1.54, 1.807) is 0 Å². The molecule has 2 rings (SSSR count). The monoisotopic (exact) mass is 250 g/mol. The molecule has 0 radical (unpaired) electrons. The van der Waals surface area contributed by atoms with Gasteiger partial charge in [-0.3, -0.25) is 4.79 Å². The first-order chi connectivity index (χ1) is 7.90. The molecule has 1 N–H and O–H groups in total. The Hall–Kier alpha value is -0.960. The molecule has 1 aliphatic heterocycles. The van der Waals surface area contributed by atoms with E-state index in [1.807, 2.05) is 25.6 Å². The van der Waals surface area contributed by atoms with Crippen LogP contribution in [0.2, 0.25) is 0 Å². The molecule has 1 aromatic carbocycles. The molecule has 0 saturated heterocycles. The van der Waals surface area contributed by atoms with E-state index in [9.17, 15) is 9.90 Å². The van der Waals surface area contributed by atoms with Crippen molar-refractivity contribution in [3.05, 3.63) is 29.3 Å². The van der Waals surface area contributed by atoms with Gasteiger partial charge in [-0.2, -0.15) is 0 Å². The summed E-state index contributed by atoms with van der Waals surface area (Å²) in [6.07, 6.45) is 0.714. The van der Waals surface area contributed by atoms with Gasteiger partial charge >= 0.3 is 5.97 Å². The van der Waals surface area contributed by atoms with E-state index in [4.69, 9.17) is 0 Å². The van der Waals surface area contributed by atoms with Crippen LogP contribution in [0, 0.1) is 12.3 Å². The second-order valence-corrected chi connectivity index (χ2v) is 6.50. The fourth-order valence-corrected chi connectivity index (χ4v) is 3.51. The predicted molar refractivity (Wildman–Crippen MR) is 70.7 cm³/mol. The number of carboxylic acids is 1. The molecule has 3 heteroatoms. The Bertz CT molecular complexity index is 452. The summed E-state index contributed by atoms with van der Waals surface area (Å²) >= 11 is 1.84. The van der Waals surface area contributed by atoms with Gasteiger partial charge in [0, 0.05) is 10.6 Å². The number of aliphatic carboxylic acids is 1. The first-order valence-corrected chi connectivity index (χ1v) is 6.85. The Kier molecular flexibility index (Phi) is 3.21. The number of fused-ring (bicyclic) bond motifs is 1. The number of hydrogen-bond donors (Lipinski definition) is 1. The molecule has 0 saturated carbocycles. The molecule has 0 aromatic heterocycles. The Morgan fingerprint density at radius 2 is 2.24 bits per heavy atom. The summed E-state index contributed by atoms with van der Waals surface area (Å²) in [4.78, 5) is 12.5. The number of hydrogen-bond acceptors (Lipinski definition) is 2. The normalized spacial score (nSPS) is 19.1. The third kappa shape index (κ3) is 2.49. The Morgan fingerprint density at radius 1 is 1.53 bits per heavy atom. The highest BCUT2D eigenvalue weighted by Crippen LogP contribution is 2.45. The lowest BCUT2D eigenvalue weighted by atomic mass is 9.80. The molecule has 1 aliphatic rings. The lowest BCUT2D eigenvalue weighted by Gasteiger charge is -2.23. The quantitative estimate of drug-likeness (QED) is 0.889. The maximum absolute atomic E-state index is 11.2. The maximum atomic E-state index is 11.2. The van der Waals surface area contributed by atoms with Gasteiger partial charge in [0.2, 0.25) is 0 Å². The highest BCUT2D eigenvalue weighted by atomic mass is 32.2. The highest BCUT2D eigenvalue weighted by Gasteiger charge is 2.34. The van der Waals surface area contributed by atoms with Crippen LogP contribution in [-0.4, -0.2) is 16.8 Å². The van der Waals surface area contributed by atoms with Crippen LogP contribution in [0.3, 0.4) is 0 Å². The average Bonchev–Trinajstić information content (AvgIpc) is 2.60. The zero-order valence-corrected chi connectivity index (χ0v) is 11.3. The summed E-state index contributed by atoms with van der Waals surface area (Å²) in [5.41, 5.74) is 1.95. The van der Waals surface area contributed by atoms with Crippen molar-refractivity contribution in [2.75, 3.05) is 5.75 Å². The number of carbonyl (C=O) groups is 1. The molecule has 0 fully saturated rings. The highest BCUT2D eigenvalue weighted by molar-refractivity contribution is 7.99. The average molecular weight is 250 g/mol. The van der Waals surface area contributed by atoms with Gasteiger partial charge in [0.25, 0.3) is 0 Å². The molecular weight excluding hydrogens is 232 g/mol. The maximum Gasteiger partial charge on any atom is 0.309 e. The minimum absolute atomic E-state index is 0.376. The summed E-state index contributed by atoms with van der Waals surface area (Å²) in [5.74, 6) is 0.680. The van der Waals surface area contributed by atoms with Crippen molar-refractivity contribution in [2.45, 2.75) is 38.0 Å². The number of thioether (sulfide) groups is 1. The molecule has 17 heavy (non-hydrogen) atoms. The zero-order chi connectivity index (χ0) is 12.6. The van der Waals surface area contributed by atoms with Crippen LogP contribution in [0.5, 0.6) is 0 Å². The van der Waals surface area contributed by atoms with Gasteiger partial charge < -0.3 is 5.11 Å². The van der Waals surface area contributed by atoms with Crippen LogP contribution in [0.25, 0.3) is 0 Å². The van der Waals surface area contributed by atoms with Crippen molar-refractivity contribution in [1.82, 2.24) is 0 Å².